The first-order valence-corrected chi connectivity index (χ1v) is 6.96. The summed E-state index contributed by atoms with van der Waals surface area (Å²) in [7, 11) is 1.17. The Morgan fingerprint density at radius 3 is 2.43 bits per heavy atom. The van der Waals surface area contributed by atoms with E-state index >= 15 is 0 Å². The molecule has 1 amide bonds. The lowest BCUT2D eigenvalue weighted by Gasteiger charge is -2.23. The Bertz CT molecular complexity index is 387. The van der Waals surface area contributed by atoms with Gasteiger partial charge < -0.3 is 15.3 Å². The number of ether oxygens (including phenoxy) is 1. The Hall–Kier alpha value is -1.20. The lowest BCUT2D eigenvalue weighted by Crippen LogP contribution is -3.03. The van der Waals surface area contributed by atoms with Crippen molar-refractivity contribution in [3.8, 4) is 0 Å². The molecule has 0 saturated heterocycles. The number of hydrogen-bond donors (Lipinski definition) is 3. The van der Waals surface area contributed by atoms with Crippen LogP contribution in [0.4, 0.5) is 0 Å². The largest absolute Gasteiger partial charge is 0.566 e. The van der Waals surface area contributed by atoms with Crippen LogP contribution in [0.1, 0.15) is 20.8 Å². The van der Waals surface area contributed by atoms with Gasteiger partial charge in [0.25, 0.3) is 0 Å². The fraction of sp³-hybridized carbons (Fsp3) is 0.727. The van der Waals surface area contributed by atoms with Gasteiger partial charge in [0.1, 0.15) is 12.6 Å². The Morgan fingerprint density at radius 1 is 1.43 bits per heavy atom. The van der Waals surface area contributed by atoms with Crippen molar-refractivity contribution in [1.29, 1.82) is 0 Å². The lowest BCUT2D eigenvalue weighted by molar-refractivity contribution is -1.21. The number of nitrogens with one attached hydrogen (secondary N) is 2. The van der Waals surface area contributed by atoms with Crippen LogP contribution >= 0.6 is 11.8 Å². The van der Waals surface area contributed by atoms with Crippen LogP contribution in [-0.4, -0.2) is 47.7 Å². The number of carbonyl (C=O) groups is 3. The molecule has 0 saturated carbocycles. The van der Waals surface area contributed by atoms with Crippen molar-refractivity contribution in [2.45, 2.75) is 26.8 Å². The molecular formula is C11H20N2O7S. The van der Waals surface area contributed by atoms with Crippen LogP contribution in [0.3, 0.4) is 0 Å². The second-order valence-electron chi connectivity index (χ2n) is 4.81. The first-order valence-electron chi connectivity index (χ1n) is 5.98. The van der Waals surface area contributed by atoms with E-state index < -0.39 is 28.7 Å². The van der Waals surface area contributed by atoms with Crippen LogP contribution in [0, 0.1) is 10.6 Å². The van der Waals surface area contributed by atoms with Crippen LogP contribution in [0.15, 0.2) is 0 Å². The lowest BCUT2D eigenvalue weighted by atomic mass is 9.97. The third-order valence-corrected chi connectivity index (χ3v) is 3.67. The highest BCUT2D eigenvalue weighted by atomic mass is 32.2. The summed E-state index contributed by atoms with van der Waals surface area (Å²) in [4.78, 5) is 38.8. The minimum Gasteiger partial charge on any atom is -0.566 e. The van der Waals surface area contributed by atoms with Crippen molar-refractivity contribution in [2.75, 3.05) is 19.5 Å². The molecule has 0 radical (unpaired) electrons. The van der Waals surface area contributed by atoms with Crippen molar-refractivity contribution in [3.05, 3.63) is 5.21 Å². The van der Waals surface area contributed by atoms with Gasteiger partial charge in [-0.15, -0.1) is 0 Å². The minimum absolute atomic E-state index is 0.0123. The molecule has 1 unspecified atom stereocenters. The molecule has 0 aliphatic heterocycles. The summed E-state index contributed by atoms with van der Waals surface area (Å²) in [6.07, 6.45) is 0. The average Bonchev–Trinajstić information content (AvgIpc) is 2.39. The second-order valence-corrected chi connectivity index (χ2v) is 5.81. The van der Waals surface area contributed by atoms with E-state index in [1.54, 1.807) is 0 Å². The number of quaternary nitrogens is 1. The third-order valence-electron chi connectivity index (χ3n) is 2.35. The SMILES string of the molecule is COC(=O)[C@H](CSC(=O)C(C)(C)CO[NH+]([O-])O)NC(C)=O. The third kappa shape index (κ3) is 7.97. The van der Waals surface area contributed by atoms with E-state index in [2.05, 4.69) is 14.9 Å². The van der Waals surface area contributed by atoms with Gasteiger partial charge in [0.2, 0.25) is 5.91 Å². The summed E-state index contributed by atoms with van der Waals surface area (Å²) in [5.74, 6) is -1.10. The number of amides is 1. The summed E-state index contributed by atoms with van der Waals surface area (Å²) in [5.41, 5.74) is -1.04. The van der Waals surface area contributed by atoms with E-state index in [0.717, 1.165) is 11.8 Å². The topological polar surface area (TPSA) is 129 Å². The van der Waals surface area contributed by atoms with Gasteiger partial charge in [-0.25, -0.2) is 4.79 Å². The van der Waals surface area contributed by atoms with Crippen molar-refractivity contribution in [2.24, 2.45) is 5.41 Å². The fourth-order valence-electron chi connectivity index (χ4n) is 1.21. The number of carbonyl (C=O) groups excluding carboxylic acids is 3. The molecule has 10 heteroatoms. The van der Waals surface area contributed by atoms with E-state index in [0.29, 0.717) is 0 Å². The van der Waals surface area contributed by atoms with Gasteiger partial charge >= 0.3 is 5.97 Å². The second kappa shape index (κ2) is 8.95. The van der Waals surface area contributed by atoms with Crippen LogP contribution < -0.4 is 10.7 Å². The summed E-state index contributed by atoms with van der Waals surface area (Å²) >= 11 is 0.801. The molecule has 122 valence electrons. The maximum absolute atomic E-state index is 12.0. The van der Waals surface area contributed by atoms with Crippen LogP contribution in [0.5, 0.6) is 0 Å². The molecule has 0 aromatic rings. The molecule has 0 aliphatic carbocycles. The smallest absolute Gasteiger partial charge is 0.329 e. The zero-order valence-electron chi connectivity index (χ0n) is 12.3. The maximum Gasteiger partial charge on any atom is 0.329 e. The molecule has 0 aliphatic rings. The molecule has 0 aromatic carbocycles. The summed E-state index contributed by atoms with van der Waals surface area (Å²) in [6.45, 7) is 4.00. The first kappa shape index (κ1) is 19.8. The van der Waals surface area contributed by atoms with Crippen LogP contribution in [-0.2, 0) is 24.0 Å². The number of rotatable bonds is 8. The first-order chi connectivity index (χ1) is 9.60. The van der Waals surface area contributed by atoms with Crippen molar-refractivity contribution < 1.29 is 34.6 Å². The Morgan fingerprint density at radius 2 is 2.00 bits per heavy atom. The molecule has 0 aromatic heterocycles. The zero-order chi connectivity index (χ0) is 16.6. The highest BCUT2D eigenvalue weighted by Crippen LogP contribution is 2.24. The molecule has 0 rings (SSSR count). The van der Waals surface area contributed by atoms with Gasteiger partial charge in [0, 0.05) is 12.7 Å². The van der Waals surface area contributed by atoms with E-state index in [4.69, 9.17) is 5.21 Å². The molecule has 9 nitrogen and oxygen atoms in total. The van der Waals surface area contributed by atoms with Gasteiger partial charge in [0.05, 0.1) is 12.5 Å². The molecule has 2 atom stereocenters. The molecule has 0 bridgehead atoms. The van der Waals surface area contributed by atoms with Gasteiger partial charge in [-0.2, -0.15) is 10.0 Å². The predicted molar refractivity (Wildman–Crippen MR) is 72.9 cm³/mol. The average molecular weight is 324 g/mol. The number of thioether (sulfide) groups is 1. The van der Waals surface area contributed by atoms with Gasteiger partial charge in [0.15, 0.2) is 5.12 Å². The quantitative estimate of drug-likeness (QED) is 0.369. The molecule has 3 N–H and O–H groups in total. The monoisotopic (exact) mass is 324 g/mol. The van der Waals surface area contributed by atoms with E-state index in [1.807, 2.05) is 0 Å². The standard InChI is InChI=1S/C11H20N2O7S/c1-7(14)12-8(9(15)19-4)5-21-10(16)11(2,3)6-20-13(17)18/h8,13,17H,5-6H2,1-4H3,(H,12,14)/t8-/m0/s1. The fourth-order valence-corrected chi connectivity index (χ4v) is 2.20. The highest BCUT2D eigenvalue weighted by molar-refractivity contribution is 8.13. The molecule has 0 spiro atoms. The van der Waals surface area contributed by atoms with Crippen molar-refractivity contribution >= 4 is 28.8 Å². The highest BCUT2D eigenvalue weighted by Gasteiger charge is 2.32. The van der Waals surface area contributed by atoms with Gasteiger partial charge in [-0.3, -0.25) is 9.59 Å². The summed E-state index contributed by atoms with van der Waals surface area (Å²) in [5, 5.41) is 19.3. The van der Waals surface area contributed by atoms with Crippen molar-refractivity contribution in [1.82, 2.24) is 5.32 Å². The van der Waals surface area contributed by atoms with Crippen LogP contribution in [0.25, 0.3) is 0 Å². The maximum atomic E-state index is 12.0. The van der Waals surface area contributed by atoms with Gasteiger partial charge in [-0.1, -0.05) is 17.2 Å². The predicted octanol–water partition coefficient (Wildman–Crippen LogP) is -1.35. The summed E-state index contributed by atoms with van der Waals surface area (Å²) in [6, 6.07) is -0.947. The minimum atomic E-state index is -1.47. The molecule has 0 heterocycles. The number of methoxy groups -OCH3 is 1. The normalized spacial score (nSPS) is 14.2. The van der Waals surface area contributed by atoms with E-state index in [-0.39, 0.29) is 17.5 Å². The molecule has 0 fully saturated rings. The molecule has 21 heavy (non-hydrogen) atoms. The van der Waals surface area contributed by atoms with Gasteiger partial charge in [-0.05, 0) is 13.8 Å². The van der Waals surface area contributed by atoms with E-state index in [1.165, 1.54) is 27.9 Å². The van der Waals surface area contributed by atoms with Crippen molar-refractivity contribution in [3.63, 3.8) is 0 Å². The Labute approximate surface area is 126 Å². The Balaban J connectivity index is 4.53. The number of esters is 1. The Kier molecular flexibility index (Phi) is 8.44. The number of hydrogen-bond acceptors (Lipinski definition) is 8. The van der Waals surface area contributed by atoms with E-state index in [9.17, 15) is 19.6 Å². The summed E-state index contributed by atoms with van der Waals surface area (Å²) < 4.78 is 4.53. The van der Waals surface area contributed by atoms with Crippen LogP contribution in [0.2, 0.25) is 0 Å². The molecular weight excluding hydrogens is 304 g/mol. The zero-order valence-corrected chi connectivity index (χ0v) is 13.1.